The molecule has 1 aliphatic carbocycles. The van der Waals surface area contributed by atoms with Crippen molar-refractivity contribution in [3.05, 3.63) is 0 Å². The fourth-order valence-electron chi connectivity index (χ4n) is 1.68. The van der Waals surface area contributed by atoms with Gasteiger partial charge in [-0.15, -0.1) is 0 Å². The van der Waals surface area contributed by atoms with E-state index in [-0.39, 0.29) is 13.8 Å². The van der Waals surface area contributed by atoms with Crippen molar-refractivity contribution < 1.29 is 18.0 Å². The van der Waals surface area contributed by atoms with Crippen molar-refractivity contribution in [2.75, 3.05) is 6.54 Å². The second kappa shape index (κ2) is 13.1. The quantitative estimate of drug-likeness (QED) is 0.438. The SMILES string of the molecule is CC(=O)NCC1CCCCC1.I[I-]I(I)I. The van der Waals surface area contributed by atoms with E-state index < -0.39 is 0 Å². The number of carbonyl (C=O) groups is 1. The average molecular weight is 790 g/mol. The van der Waals surface area contributed by atoms with Crippen LogP contribution in [-0.2, 0) is 4.79 Å². The summed E-state index contributed by atoms with van der Waals surface area (Å²) in [7, 11) is -0.245. The van der Waals surface area contributed by atoms with E-state index in [2.05, 4.69) is 61.2 Å². The number of carbonyl (C=O) groups excluding carboxylic acids is 1. The molecule has 0 heterocycles. The summed E-state index contributed by atoms with van der Waals surface area (Å²) in [5.41, 5.74) is 0. The molecule has 0 spiro atoms. The minimum atomic E-state index is -0.245. The number of halogens is 5. The van der Waals surface area contributed by atoms with E-state index in [1.165, 1.54) is 32.1 Å². The molecule has 7 heteroatoms. The summed E-state index contributed by atoms with van der Waals surface area (Å²) in [6.07, 6.45) is 6.70. The van der Waals surface area contributed by atoms with Gasteiger partial charge in [0, 0.05) is 13.5 Å². The summed E-state index contributed by atoms with van der Waals surface area (Å²) in [6, 6.07) is 0. The van der Waals surface area contributed by atoms with Crippen LogP contribution in [0.4, 0.5) is 0 Å². The minimum absolute atomic E-state index is 0.107. The van der Waals surface area contributed by atoms with Gasteiger partial charge in [0.1, 0.15) is 0 Å². The fourth-order valence-corrected chi connectivity index (χ4v) is 1.68. The molecule has 100 valence electrons. The van der Waals surface area contributed by atoms with Gasteiger partial charge in [-0.05, 0) is 18.8 Å². The molecule has 0 radical (unpaired) electrons. The van der Waals surface area contributed by atoms with E-state index in [9.17, 15) is 4.79 Å². The van der Waals surface area contributed by atoms with Crippen LogP contribution in [0.3, 0.4) is 0 Å². The number of amides is 1. The zero-order chi connectivity index (χ0) is 12.4. The molecule has 0 aromatic carbocycles. The van der Waals surface area contributed by atoms with Gasteiger partial charge in [0.15, 0.2) is 0 Å². The predicted octanol–water partition coefficient (Wildman–Crippen LogP) is 2.25. The number of nitrogens with one attached hydrogen (secondary N) is 1. The first-order valence-corrected chi connectivity index (χ1v) is 30.2. The van der Waals surface area contributed by atoms with Gasteiger partial charge >= 0.3 is 77.0 Å². The van der Waals surface area contributed by atoms with Crippen molar-refractivity contribution in [2.45, 2.75) is 39.0 Å². The molecule has 16 heavy (non-hydrogen) atoms. The molecule has 0 atom stereocenters. The van der Waals surface area contributed by atoms with Gasteiger partial charge in [-0.1, -0.05) is 19.3 Å². The average Bonchev–Trinajstić information content (AvgIpc) is 2.28. The molecule has 1 aliphatic rings. The zero-order valence-corrected chi connectivity index (χ0v) is 19.9. The van der Waals surface area contributed by atoms with Crippen molar-refractivity contribution in [2.24, 2.45) is 5.92 Å². The van der Waals surface area contributed by atoms with Gasteiger partial charge in [0.2, 0.25) is 5.91 Å². The molecule has 1 rings (SSSR count). The summed E-state index contributed by atoms with van der Waals surface area (Å²) in [5, 5.41) is 2.88. The second-order valence-corrected chi connectivity index (χ2v) is 68.6. The Labute approximate surface area is 141 Å². The third kappa shape index (κ3) is 13.5. The van der Waals surface area contributed by atoms with Crippen LogP contribution in [0.2, 0.25) is 0 Å². The first-order valence-electron chi connectivity index (χ1n) is 5.10. The molecule has 1 saturated carbocycles. The molecule has 0 bridgehead atoms. The van der Waals surface area contributed by atoms with Crippen molar-refractivity contribution in [1.82, 2.24) is 5.32 Å². The molecule has 0 aromatic rings. The third-order valence-corrected chi connectivity index (χ3v) is 85.0. The summed E-state index contributed by atoms with van der Waals surface area (Å²) in [5.74, 6) is 0.864. The van der Waals surface area contributed by atoms with Crippen LogP contribution in [0.15, 0.2) is 0 Å². The van der Waals surface area contributed by atoms with E-state index in [0.717, 1.165) is 12.5 Å². The van der Waals surface area contributed by atoms with E-state index in [1.54, 1.807) is 6.92 Å². The second-order valence-electron chi connectivity index (χ2n) is 3.66. The van der Waals surface area contributed by atoms with Crippen LogP contribution in [0.5, 0.6) is 0 Å². The Morgan fingerprint density at radius 2 is 1.88 bits per heavy atom. The fraction of sp³-hybridized carbons (Fsp3) is 0.889. The normalized spacial score (nSPS) is 17.4. The molecule has 0 unspecified atom stereocenters. The van der Waals surface area contributed by atoms with Crippen LogP contribution >= 0.6 is 63.7 Å². The maximum atomic E-state index is 10.6. The van der Waals surface area contributed by atoms with Crippen molar-refractivity contribution in [3.63, 3.8) is 0 Å². The van der Waals surface area contributed by atoms with Crippen molar-refractivity contribution in [1.29, 1.82) is 0 Å². The molecule has 1 N–H and O–H groups in total. The Balaban J connectivity index is 0.000000385. The number of hydrogen-bond donors (Lipinski definition) is 1. The van der Waals surface area contributed by atoms with Gasteiger partial charge in [0.25, 0.3) is 0 Å². The van der Waals surface area contributed by atoms with Gasteiger partial charge in [-0.3, -0.25) is 4.79 Å². The van der Waals surface area contributed by atoms with Gasteiger partial charge < -0.3 is 5.32 Å². The molecule has 0 saturated heterocycles. The predicted molar refractivity (Wildman–Crippen MR) is 101 cm³/mol. The molecule has 1 amide bonds. The summed E-state index contributed by atoms with van der Waals surface area (Å²) >= 11 is 8.37. The molecular weight excluding hydrogens is 773 g/mol. The number of rotatable bonds is 3. The Kier molecular flexibility index (Phi) is 15.7. The topological polar surface area (TPSA) is 29.1 Å². The Morgan fingerprint density at radius 3 is 2.25 bits per heavy atom. The zero-order valence-electron chi connectivity index (χ0n) is 9.12. The molecule has 1 fully saturated rings. The first-order chi connectivity index (χ1) is 7.56. The van der Waals surface area contributed by atoms with E-state index in [0.29, 0.717) is 13.3 Å². The van der Waals surface area contributed by atoms with Crippen LogP contribution in [-0.4, -0.2) is 12.5 Å². The maximum absolute atomic E-state index is 10.6. The van der Waals surface area contributed by atoms with Crippen molar-refractivity contribution >= 4 is 69.6 Å². The third-order valence-electron chi connectivity index (χ3n) is 2.41. The van der Waals surface area contributed by atoms with E-state index in [4.69, 9.17) is 0 Å². The monoisotopic (exact) mass is 790 g/mol. The Bertz CT molecular complexity index is 185. The van der Waals surface area contributed by atoms with E-state index >= 15 is 0 Å². The molecule has 2 nitrogen and oxygen atoms in total. The van der Waals surface area contributed by atoms with Crippen LogP contribution < -0.4 is 18.6 Å². The molecule has 0 aromatic heterocycles. The summed E-state index contributed by atoms with van der Waals surface area (Å²) in [6.45, 7) is 2.48. The van der Waals surface area contributed by atoms with Crippen LogP contribution in [0, 0.1) is 5.92 Å². The van der Waals surface area contributed by atoms with Crippen LogP contribution in [0.25, 0.3) is 0 Å². The Morgan fingerprint density at radius 1 is 1.38 bits per heavy atom. The summed E-state index contributed by atoms with van der Waals surface area (Å²) in [4.78, 5) is 10.6. The van der Waals surface area contributed by atoms with Crippen LogP contribution in [0.1, 0.15) is 39.0 Å². The molecule has 0 aliphatic heterocycles. The summed E-state index contributed by atoms with van der Waals surface area (Å²) < 4.78 is 0. The first kappa shape index (κ1) is 19.1. The molecular formula is C9H17I5NO-. The van der Waals surface area contributed by atoms with E-state index in [1.807, 2.05) is 0 Å². The van der Waals surface area contributed by atoms with Gasteiger partial charge in [0.05, 0.1) is 0 Å². The van der Waals surface area contributed by atoms with Gasteiger partial charge in [-0.2, -0.15) is 0 Å². The van der Waals surface area contributed by atoms with Crippen molar-refractivity contribution in [3.8, 4) is 0 Å². The Hall–Kier alpha value is 3.12. The van der Waals surface area contributed by atoms with Gasteiger partial charge in [-0.25, -0.2) is 0 Å². The number of hydrogen-bond acceptors (Lipinski definition) is 1. The standard InChI is InChI=1S/C9H17NO.I5/c1-8(11)10-7-9-5-3-2-4-6-9;1-4-5(2)3/h9H,2-7H2,1H3,(H,10,11);/q;-1.